The van der Waals surface area contributed by atoms with Crippen molar-refractivity contribution in [2.75, 3.05) is 18.0 Å². The fraction of sp³-hybridized carbons (Fsp3) is 0.412. The van der Waals surface area contributed by atoms with Gasteiger partial charge in [0.05, 0.1) is 0 Å². The van der Waals surface area contributed by atoms with Crippen LogP contribution in [0, 0.1) is 0 Å². The number of anilines is 1. The maximum atomic E-state index is 12.4. The van der Waals surface area contributed by atoms with Gasteiger partial charge in [-0.2, -0.15) is 0 Å². The number of amides is 1. The van der Waals surface area contributed by atoms with Crippen LogP contribution in [0.3, 0.4) is 0 Å². The smallest absolute Gasteiger partial charge is 0.251 e. The Kier molecular flexibility index (Phi) is 4.88. The van der Waals surface area contributed by atoms with Gasteiger partial charge in [-0.05, 0) is 31.9 Å². The molecule has 7 heteroatoms. The Bertz CT molecular complexity index is 759. The summed E-state index contributed by atoms with van der Waals surface area (Å²) in [4.78, 5) is 34.9. The number of rotatable bonds is 4. The van der Waals surface area contributed by atoms with Crippen LogP contribution in [0.25, 0.3) is 0 Å². The van der Waals surface area contributed by atoms with E-state index in [2.05, 4.69) is 20.2 Å². The first-order chi connectivity index (χ1) is 11.7. The van der Waals surface area contributed by atoms with Crippen molar-refractivity contribution in [2.45, 2.75) is 32.4 Å². The number of hydrogen-bond acceptors (Lipinski definition) is 5. The summed E-state index contributed by atoms with van der Waals surface area (Å²) in [5.41, 5.74) is 0.242. The molecule has 0 aliphatic carbocycles. The molecule has 24 heavy (non-hydrogen) atoms. The number of aromatic nitrogens is 3. The summed E-state index contributed by atoms with van der Waals surface area (Å²) >= 11 is 0. The SMILES string of the molecule is CCn1ccc(C(=O)NC2CCCN(c3ncccn3)C2)cc1=O. The van der Waals surface area contributed by atoms with Gasteiger partial charge in [0.15, 0.2) is 0 Å². The van der Waals surface area contributed by atoms with Gasteiger partial charge in [0, 0.05) is 55.9 Å². The fourth-order valence-corrected chi connectivity index (χ4v) is 2.91. The quantitative estimate of drug-likeness (QED) is 0.908. The lowest BCUT2D eigenvalue weighted by atomic mass is 10.1. The Morgan fingerprint density at radius 2 is 2.17 bits per heavy atom. The molecule has 3 heterocycles. The molecular formula is C17H21N5O2. The molecule has 0 aromatic carbocycles. The van der Waals surface area contributed by atoms with Crippen molar-refractivity contribution in [2.24, 2.45) is 0 Å². The van der Waals surface area contributed by atoms with Crippen molar-refractivity contribution in [1.82, 2.24) is 19.9 Å². The van der Waals surface area contributed by atoms with Crippen molar-refractivity contribution in [3.8, 4) is 0 Å². The molecule has 0 radical (unpaired) electrons. The highest BCUT2D eigenvalue weighted by atomic mass is 16.2. The number of piperidine rings is 1. The van der Waals surface area contributed by atoms with Crippen LogP contribution in [0.1, 0.15) is 30.1 Å². The molecule has 1 aliphatic rings. The molecule has 7 nitrogen and oxygen atoms in total. The molecule has 0 saturated carbocycles. The number of aryl methyl sites for hydroxylation is 1. The van der Waals surface area contributed by atoms with Gasteiger partial charge in [-0.1, -0.05) is 0 Å². The Balaban J connectivity index is 1.66. The lowest BCUT2D eigenvalue weighted by Gasteiger charge is -2.33. The second-order valence-electron chi connectivity index (χ2n) is 5.85. The monoisotopic (exact) mass is 327 g/mol. The van der Waals surface area contributed by atoms with Crippen molar-refractivity contribution < 1.29 is 4.79 Å². The molecule has 2 aromatic heterocycles. The van der Waals surface area contributed by atoms with E-state index in [9.17, 15) is 9.59 Å². The van der Waals surface area contributed by atoms with Gasteiger partial charge in [0.1, 0.15) is 0 Å². The van der Waals surface area contributed by atoms with E-state index in [0.717, 1.165) is 19.4 Å². The summed E-state index contributed by atoms with van der Waals surface area (Å²) in [6.45, 7) is 4.03. The minimum Gasteiger partial charge on any atom is -0.348 e. The van der Waals surface area contributed by atoms with Gasteiger partial charge in [-0.15, -0.1) is 0 Å². The van der Waals surface area contributed by atoms with E-state index in [1.165, 1.54) is 6.07 Å². The van der Waals surface area contributed by atoms with E-state index in [4.69, 9.17) is 0 Å². The van der Waals surface area contributed by atoms with E-state index >= 15 is 0 Å². The van der Waals surface area contributed by atoms with Crippen LogP contribution in [0.5, 0.6) is 0 Å². The minimum absolute atomic E-state index is 0.0173. The molecule has 1 saturated heterocycles. The molecule has 1 atom stereocenters. The second kappa shape index (κ2) is 7.25. The Morgan fingerprint density at radius 3 is 2.88 bits per heavy atom. The van der Waals surface area contributed by atoms with Gasteiger partial charge in [-0.25, -0.2) is 9.97 Å². The summed E-state index contributed by atoms with van der Waals surface area (Å²) < 4.78 is 1.56. The number of carbonyl (C=O) groups excluding carboxylic acids is 1. The molecule has 1 N–H and O–H groups in total. The van der Waals surface area contributed by atoms with Crippen LogP contribution in [0.4, 0.5) is 5.95 Å². The first-order valence-electron chi connectivity index (χ1n) is 8.20. The molecule has 0 bridgehead atoms. The van der Waals surface area contributed by atoms with Crippen molar-refractivity contribution in [3.63, 3.8) is 0 Å². The maximum Gasteiger partial charge on any atom is 0.251 e. The van der Waals surface area contributed by atoms with Crippen LogP contribution in [0.2, 0.25) is 0 Å². The van der Waals surface area contributed by atoms with Gasteiger partial charge in [0.25, 0.3) is 11.5 Å². The van der Waals surface area contributed by atoms with Crippen LogP contribution in [-0.2, 0) is 6.54 Å². The highest BCUT2D eigenvalue weighted by Gasteiger charge is 2.23. The van der Waals surface area contributed by atoms with Crippen molar-refractivity contribution in [3.05, 3.63) is 52.7 Å². The highest BCUT2D eigenvalue weighted by molar-refractivity contribution is 5.94. The third kappa shape index (κ3) is 3.61. The maximum absolute atomic E-state index is 12.4. The molecule has 2 aromatic rings. The predicted molar refractivity (Wildman–Crippen MR) is 91.1 cm³/mol. The molecule has 1 amide bonds. The minimum atomic E-state index is -0.212. The zero-order valence-corrected chi connectivity index (χ0v) is 13.7. The van der Waals surface area contributed by atoms with Gasteiger partial charge < -0.3 is 14.8 Å². The molecule has 1 unspecified atom stereocenters. The van der Waals surface area contributed by atoms with E-state index < -0.39 is 0 Å². The zero-order chi connectivity index (χ0) is 16.9. The number of nitrogens with zero attached hydrogens (tertiary/aromatic N) is 4. The summed E-state index contributed by atoms with van der Waals surface area (Å²) in [5, 5.41) is 3.02. The Hall–Kier alpha value is -2.70. The van der Waals surface area contributed by atoms with E-state index in [1.54, 1.807) is 35.3 Å². The molecule has 1 fully saturated rings. The van der Waals surface area contributed by atoms with Crippen LogP contribution in [0.15, 0.2) is 41.6 Å². The lowest BCUT2D eigenvalue weighted by molar-refractivity contribution is 0.0932. The number of nitrogens with one attached hydrogen (secondary N) is 1. The highest BCUT2D eigenvalue weighted by Crippen LogP contribution is 2.15. The molecule has 3 rings (SSSR count). The first-order valence-corrected chi connectivity index (χ1v) is 8.20. The second-order valence-corrected chi connectivity index (χ2v) is 5.85. The molecule has 1 aliphatic heterocycles. The van der Waals surface area contributed by atoms with E-state index in [-0.39, 0.29) is 17.5 Å². The topological polar surface area (TPSA) is 80.1 Å². The van der Waals surface area contributed by atoms with Crippen molar-refractivity contribution in [1.29, 1.82) is 0 Å². The number of hydrogen-bond donors (Lipinski definition) is 1. The third-order valence-corrected chi connectivity index (χ3v) is 4.19. The summed E-state index contributed by atoms with van der Waals surface area (Å²) in [6.07, 6.45) is 6.95. The average molecular weight is 327 g/mol. The summed E-state index contributed by atoms with van der Waals surface area (Å²) in [7, 11) is 0. The Labute approximate surface area is 140 Å². The standard InChI is InChI=1S/C17H21N5O2/c1-2-21-10-6-13(11-15(21)23)16(24)20-14-5-3-9-22(12-14)17-18-7-4-8-19-17/h4,6-8,10-11,14H,2-3,5,9,12H2,1H3,(H,20,24). The van der Waals surface area contributed by atoms with Gasteiger partial charge in [-0.3, -0.25) is 9.59 Å². The van der Waals surface area contributed by atoms with Crippen LogP contribution >= 0.6 is 0 Å². The lowest BCUT2D eigenvalue weighted by Crippen LogP contribution is -2.48. The van der Waals surface area contributed by atoms with E-state index in [0.29, 0.717) is 24.6 Å². The number of carbonyl (C=O) groups is 1. The first kappa shape index (κ1) is 16.2. The largest absolute Gasteiger partial charge is 0.348 e. The summed E-state index contributed by atoms with van der Waals surface area (Å²) in [6, 6.07) is 4.87. The van der Waals surface area contributed by atoms with Crippen LogP contribution < -0.4 is 15.8 Å². The molecule has 126 valence electrons. The average Bonchev–Trinajstić information content (AvgIpc) is 2.62. The predicted octanol–water partition coefficient (Wildman–Crippen LogP) is 1.06. The molecular weight excluding hydrogens is 306 g/mol. The fourth-order valence-electron chi connectivity index (χ4n) is 2.91. The van der Waals surface area contributed by atoms with Gasteiger partial charge in [0.2, 0.25) is 5.95 Å². The third-order valence-electron chi connectivity index (χ3n) is 4.19. The molecule has 0 spiro atoms. The normalized spacial score (nSPS) is 17.5. The van der Waals surface area contributed by atoms with Gasteiger partial charge >= 0.3 is 0 Å². The number of pyridine rings is 1. The van der Waals surface area contributed by atoms with Crippen molar-refractivity contribution >= 4 is 11.9 Å². The Morgan fingerprint density at radius 1 is 1.38 bits per heavy atom. The van der Waals surface area contributed by atoms with E-state index in [1.807, 2.05) is 6.92 Å². The zero-order valence-electron chi connectivity index (χ0n) is 13.7. The summed E-state index contributed by atoms with van der Waals surface area (Å²) in [5.74, 6) is 0.471. The van der Waals surface area contributed by atoms with Crippen LogP contribution in [-0.4, -0.2) is 39.6 Å².